The van der Waals surface area contributed by atoms with Crippen LogP contribution in [-0.2, 0) is 4.79 Å². The topological polar surface area (TPSA) is 60.9 Å². The lowest BCUT2D eigenvalue weighted by Gasteiger charge is -2.30. The average molecular weight is 186 g/mol. The molecule has 0 aromatic carbocycles. The van der Waals surface area contributed by atoms with Crippen molar-refractivity contribution in [1.29, 1.82) is 0 Å². The predicted molar refractivity (Wildman–Crippen MR) is 46.4 cm³/mol. The van der Waals surface area contributed by atoms with Crippen LogP contribution in [0.1, 0.15) is 13.8 Å². The van der Waals surface area contributed by atoms with Gasteiger partial charge in [0.15, 0.2) is 0 Å². The van der Waals surface area contributed by atoms with Crippen molar-refractivity contribution < 1.29 is 14.7 Å². The highest BCUT2D eigenvalue weighted by Gasteiger charge is 2.42. The Morgan fingerprint density at radius 1 is 1.46 bits per heavy atom. The average Bonchev–Trinajstić information content (AvgIpc) is 2.33. The largest absolute Gasteiger partial charge is 0.480 e. The molecule has 0 aliphatic carbocycles. The summed E-state index contributed by atoms with van der Waals surface area (Å²) in [7, 11) is 1.67. The van der Waals surface area contributed by atoms with Crippen LogP contribution in [0.5, 0.6) is 0 Å². The number of carboxylic acids is 1. The smallest absolute Gasteiger partial charge is 0.329 e. The van der Waals surface area contributed by atoms with Gasteiger partial charge in [-0.05, 0) is 13.8 Å². The molecule has 0 spiro atoms. The fourth-order valence-corrected chi connectivity index (χ4v) is 1.28. The first-order valence-corrected chi connectivity index (χ1v) is 4.13. The van der Waals surface area contributed by atoms with Gasteiger partial charge in [-0.15, -0.1) is 0 Å². The zero-order chi connectivity index (χ0) is 10.2. The second-order valence-electron chi connectivity index (χ2n) is 3.72. The fraction of sp³-hybridized carbons (Fsp3) is 0.750. The molecular weight excluding hydrogens is 172 g/mol. The van der Waals surface area contributed by atoms with Crippen LogP contribution in [0.25, 0.3) is 0 Å². The molecular formula is C8H14N2O3. The van der Waals surface area contributed by atoms with Gasteiger partial charge < -0.3 is 14.9 Å². The Hall–Kier alpha value is -1.26. The number of urea groups is 1. The van der Waals surface area contributed by atoms with Crippen LogP contribution in [0, 0.1) is 0 Å². The normalized spacial score (nSPS) is 18.2. The summed E-state index contributed by atoms with van der Waals surface area (Å²) in [6.07, 6.45) is 0. The van der Waals surface area contributed by atoms with Crippen LogP contribution in [0.15, 0.2) is 0 Å². The number of nitrogens with zero attached hydrogens (tertiary/aromatic N) is 2. The molecule has 1 N–H and O–H groups in total. The van der Waals surface area contributed by atoms with Crippen molar-refractivity contribution in [3.05, 3.63) is 0 Å². The molecule has 0 aromatic rings. The van der Waals surface area contributed by atoms with Crippen LogP contribution in [0.2, 0.25) is 0 Å². The van der Waals surface area contributed by atoms with Crippen molar-refractivity contribution in [1.82, 2.24) is 9.80 Å². The third kappa shape index (κ3) is 1.46. The number of hydrogen-bond acceptors (Lipinski definition) is 2. The Morgan fingerprint density at radius 3 is 2.31 bits per heavy atom. The molecule has 74 valence electrons. The Labute approximate surface area is 76.9 Å². The number of carbonyl (C=O) groups excluding carboxylic acids is 1. The molecule has 0 bridgehead atoms. The zero-order valence-electron chi connectivity index (χ0n) is 8.07. The second kappa shape index (κ2) is 2.90. The molecule has 2 amide bonds. The second-order valence-corrected chi connectivity index (χ2v) is 3.72. The molecule has 1 saturated heterocycles. The maximum Gasteiger partial charge on any atom is 0.329 e. The number of likely N-dealkylation sites (N-methyl/N-ethyl adjacent to an activating group) is 1. The number of carbonyl (C=O) groups is 2. The van der Waals surface area contributed by atoms with Crippen LogP contribution in [-0.4, -0.2) is 52.6 Å². The van der Waals surface area contributed by atoms with Gasteiger partial charge in [-0.3, -0.25) is 0 Å². The SMILES string of the molecule is CN1CCN(C(C)(C)C(=O)O)C1=O. The minimum atomic E-state index is -1.11. The first-order chi connectivity index (χ1) is 5.87. The quantitative estimate of drug-likeness (QED) is 0.671. The number of amides is 2. The van der Waals surface area contributed by atoms with Crippen LogP contribution in [0.3, 0.4) is 0 Å². The summed E-state index contributed by atoms with van der Waals surface area (Å²) in [5.74, 6) is -0.976. The molecule has 0 radical (unpaired) electrons. The van der Waals surface area contributed by atoms with Crippen LogP contribution >= 0.6 is 0 Å². The van der Waals surface area contributed by atoms with Crippen molar-refractivity contribution in [3.63, 3.8) is 0 Å². The van der Waals surface area contributed by atoms with E-state index in [1.54, 1.807) is 7.05 Å². The molecule has 5 heteroatoms. The van der Waals surface area contributed by atoms with Gasteiger partial charge in [-0.1, -0.05) is 0 Å². The van der Waals surface area contributed by atoms with Gasteiger partial charge in [0.2, 0.25) is 0 Å². The molecule has 1 aliphatic rings. The minimum absolute atomic E-state index is 0.215. The van der Waals surface area contributed by atoms with E-state index in [1.807, 2.05) is 0 Å². The molecule has 0 saturated carbocycles. The molecule has 1 heterocycles. The summed E-state index contributed by atoms with van der Waals surface area (Å²) in [4.78, 5) is 25.2. The van der Waals surface area contributed by atoms with Crippen LogP contribution < -0.4 is 0 Å². The monoisotopic (exact) mass is 186 g/mol. The van der Waals surface area contributed by atoms with Gasteiger partial charge >= 0.3 is 12.0 Å². The number of carboxylic acid groups (broad SMARTS) is 1. The maximum atomic E-state index is 11.4. The Morgan fingerprint density at radius 2 is 2.00 bits per heavy atom. The van der Waals surface area contributed by atoms with E-state index in [0.29, 0.717) is 13.1 Å². The van der Waals surface area contributed by atoms with E-state index >= 15 is 0 Å². The Bertz CT molecular complexity index is 250. The lowest BCUT2D eigenvalue weighted by atomic mass is 10.0. The Kier molecular flexibility index (Phi) is 2.19. The summed E-state index contributed by atoms with van der Waals surface area (Å²) >= 11 is 0. The van der Waals surface area contributed by atoms with Gasteiger partial charge in [0.05, 0.1) is 0 Å². The summed E-state index contributed by atoms with van der Waals surface area (Å²) < 4.78 is 0. The van der Waals surface area contributed by atoms with Gasteiger partial charge in [0.25, 0.3) is 0 Å². The predicted octanol–water partition coefficient (Wildman–Crippen LogP) is 0.217. The first-order valence-electron chi connectivity index (χ1n) is 4.13. The van der Waals surface area contributed by atoms with Crippen molar-refractivity contribution in [3.8, 4) is 0 Å². The first kappa shape index (κ1) is 9.83. The van der Waals surface area contributed by atoms with Gasteiger partial charge in [-0.2, -0.15) is 0 Å². The van der Waals surface area contributed by atoms with E-state index in [-0.39, 0.29) is 6.03 Å². The van der Waals surface area contributed by atoms with E-state index in [4.69, 9.17) is 5.11 Å². The van der Waals surface area contributed by atoms with E-state index in [9.17, 15) is 9.59 Å². The van der Waals surface area contributed by atoms with Crippen LogP contribution in [0.4, 0.5) is 4.79 Å². The summed E-state index contributed by atoms with van der Waals surface area (Å²) in [6, 6.07) is -0.215. The molecule has 1 rings (SSSR count). The van der Waals surface area contributed by atoms with Crippen molar-refractivity contribution >= 4 is 12.0 Å². The molecule has 13 heavy (non-hydrogen) atoms. The molecule has 0 aromatic heterocycles. The van der Waals surface area contributed by atoms with Crippen molar-refractivity contribution in [2.24, 2.45) is 0 Å². The number of rotatable bonds is 2. The highest BCUT2D eigenvalue weighted by atomic mass is 16.4. The third-order valence-corrected chi connectivity index (χ3v) is 2.41. The molecule has 1 fully saturated rings. The summed E-state index contributed by atoms with van der Waals surface area (Å²) in [5.41, 5.74) is -1.11. The summed E-state index contributed by atoms with van der Waals surface area (Å²) in [6.45, 7) is 4.14. The lowest BCUT2D eigenvalue weighted by Crippen LogP contribution is -2.51. The van der Waals surface area contributed by atoms with E-state index in [1.165, 1.54) is 23.6 Å². The van der Waals surface area contributed by atoms with E-state index < -0.39 is 11.5 Å². The van der Waals surface area contributed by atoms with Gasteiger partial charge in [0, 0.05) is 20.1 Å². The highest BCUT2D eigenvalue weighted by molar-refractivity contribution is 5.86. The summed E-state index contributed by atoms with van der Waals surface area (Å²) in [5, 5.41) is 8.89. The van der Waals surface area contributed by atoms with E-state index in [2.05, 4.69) is 0 Å². The molecule has 5 nitrogen and oxygen atoms in total. The van der Waals surface area contributed by atoms with E-state index in [0.717, 1.165) is 0 Å². The lowest BCUT2D eigenvalue weighted by molar-refractivity contribution is -0.147. The molecule has 0 unspecified atom stereocenters. The Balaban J connectivity index is 2.84. The number of aliphatic carboxylic acids is 1. The maximum absolute atomic E-state index is 11.4. The van der Waals surface area contributed by atoms with Gasteiger partial charge in [-0.25, -0.2) is 9.59 Å². The van der Waals surface area contributed by atoms with Crippen molar-refractivity contribution in [2.75, 3.05) is 20.1 Å². The standard InChI is InChI=1S/C8H14N2O3/c1-8(2,6(11)12)10-5-4-9(3)7(10)13/h4-5H2,1-3H3,(H,11,12). The number of hydrogen-bond donors (Lipinski definition) is 1. The van der Waals surface area contributed by atoms with Crippen molar-refractivity contribution in [2.45, 2.75) is 19.4 Å². The van der Waals surface area contributed by atoms with Gasteiger partial charge in [0.1, 0.15) is 5.54 Å². The fourth-order valence-electron chi connectivity index (χ4n) is 1.28. The minimum Gasteiger partial charge on any atom is -0.480 e. The molecule has 0 atom stereocenters. The molecule has 1 aliphatic heterocycles. The highest BCUT2D eigenvalue weighted by Crippen LogP contribution is 2.20. The third-order valence-electron chi connectivity index (χ3n) is 2.41. The zero-order valence-corrected chi connectivity index (χ0v) is 8.07.